The molecule has 32 heavy (non-hydrogen) atoms. The quantitative estimate of drug-likeness (QED) is 0.535. The minimum Gasteiger partial charge on any atom is -0.302 e. The van der Waals surface area contributed by atoms with Gasteiger partial charge in [-0.15, -0.1) is 23.7 Å². The standard InChI is InChI=1S/C23H25N3O3S2.ClH/c1-17-7-9-19(10-8-17)31(28,29)14-12-22(27)25-23-24-20-11-13-26(16-21(20)30-23)15-18-5-3-2-4-6-18;/h2-10H,11-16H2,1H3,(H,24,25,27);1H. The number of carbonyl (C=O) groups is 1. The highest BCUT2D eigenvalue weighted by atomic mass is 35.5. The summed E-state index contributed by atoms with van der Waals surface area (Å²) in [5.74, 6) is -0.555. The van der Waals surface area contributed by atoms with Crippen molar-refractivity contribution in [3.05, 3.63) is 76.3 Å². The molecule has 0 bridgehead atoms. The first-order chi connectivity index (χ1) is 14.9. The molecule has 0 radical (unpaired) electrons. The van der Waals surface area contributed by atoms with Crippen LogP contribution in [-0.4, -0.2) is 36.5 Å². The number of sulfone groups is 1. The number of carbonyl (C=O) groups excluding carboxylic acids is 1. The Bertz CT molecular complexity index is 1160. The van der Waals surface area contributed by atoms with E-state index >= 15 is 0 Å². The van der Waals surface area contributed by atoms with E-state index in [1.165, 1.54) is 16.9 Å². The minimum atomic E-state index is -3.49. The predicted molar refractivity (Wildman–Crippen MR) is 130 cm³/mol. The number of halogens is 1. The largest absolute Gasteiger partial charge is 0.302 e. The molecule has 2 aromatic carbocycles. The van der Waals surface area contributed by atoms with Crippen molar-refractivity contribution in [1.82, 2.24) is 9.88 Å². The van der Waals surface area contributed by atoms with Crippen molar-refractivity contribution in [2.24, 2.45) is 0 Å². The Kier molecular flexibility index (Phi) is 8.05. The van der Waals surface area contributed by atoms with Gasteiger partial charge in [-0.3, -0.25) is 9.69 Å². The SMILES string of the molecule is Cc1ccc(S(=O)(=O)CCC(=O)Nc2nc3c(s2)CN(Cc2ccccc2)CC3)cc1.Cl. The zero-order valence-electron chi connectivity index (χ0n) is 17.8. The molecular weight excluding hydrogens is 466 g/mol. The van der Waals surface area contributed by atoms with Crippen LogP contribution in [0.2, 0.25) is 0 Å². The van der Waals surface area contributed by atoms with E-state index in [4.69, 9.17) is 0 Å². The van der Waals surface area contributed by atoms with Crippen molar-refractivity contribution in [1.29, 1.82) is 0 Å². The Morgan fingerprint density at radius 2 is 1.84 bits per heavy atom. The molecular formula is C23H26ClN3O3S2. The zero-order chi connectivity index (χ0) is 21.8. The molecule has 1 aliphatic heterocycles. The third kappa shape index (κ3) is 6.16. The Morgan fingerprint density at radius 1 is 1.12 bits per heavy atom. The van der Waals surface area contributed by atoms with E-state index in [-0.39, 0.29) is 35.4 Å². The molecule has 1 N–H and O–H groups in total. The average Bonchev–Trinajstić information content (AvgIpc) is 3.15. The van der Waals surface area contributed by atoms with E-state index in [1.807, 2.05) is 25.1 Å². The van der Waals surface area contributed by atoms with Crippen LogP contribution in [-0.2, 0) is 34.1 Å². The number of nitrogens with zero attached hydrogens (tertiary/aromatic N) is 2. The van der Waals surface area contributed by atoms with E-state index in [0.29, 0.717) is 5.13 Å². The van der Waals surface area contributed by atoms with Gasteiger partial charge in [0.05, 0.1) is 16.3 Å². The molecule has 0 atom stereocenters. The van der Waals surface area contributed by atoms with E-state index in [9.17, 15) is 13.2 Å². The van der Waals surface area contributed by atoms with Crippen molar-refractivity contribution in [2.45, 2.75) is 37.8 Å². The molecule has 2 heterocycles. The minimum absolute atomic E-state index is 0. The van der Waals surface area contributed by atoms with E-state index < -0.39 is 9.84 Å². The van der Waals surface area contributed by atoms with Crippen molar-refractivity contribution < 1.29 is 13.2 Å². The molecule has 1 aliphatic rings. The maximum atomic E-state index is 12.4. The molecule has 3 aromatic rings. The summed E-state index contributed by atoms with van der Waals surface area (Å²) in [5.41, 5.74) is 3.29. The average molecular weight is 492 g/mol. The topological polar surface area (TPSA) is 79.4 Å². The van der Waals surface area contributed by atoms with Crippen LogP contribution in [0.15, 0.2) is 59.5 Å². The van der Waals surface area contributed by atoms with Crippen LogP contribution in [0.5, 0.6) is 0 Å². The summed E-state index contributed by atoms with van der Waals surface area (Å²) in [5, 5.41) is 3.33. The van der Waals surface area contributed by atoms with Crippen molar-refractivity contribution in [2.75, 3.05) is 17.6 Å². The van der Waals surface area contributed by atoms with E-state index in [2.05, 4.69) is 27.3 Å². The number of rotatable bonds is 7. The Morgan fingerprint density at radius 3 is 2.56 bits per heavy atom. The second kappa shape index (κ2) is 10.6. The highest BCUT2D eigenvalue weighted by molar-refractivity contribution is 7.91. The fourth-order valence-electron chi connectivity index (χ4n) is 3.55. The van der Waals surface area contributed by atoms with Crippen LogP contribution in [0, 0.1) is 6.92 Å². The van der Waals surface area contributed by atoms with Gasteiger partial charge >= 0.3 is 0 Å². The molecule has 1 aromatic heterocycles. The van der Waals surface area contributed by atoms with E-state index in [0.717, 1.165) is 42.2 Å². The van der Waals surface area contributed by atoms with Gasteiger partial charge in [0.1, 0.15) is 0 Å². The summed E-state index contributed by atoms with van der Waals surface area (Å²) in [7, 11) is -3.49. The maximum absolute atomic E-state index is 12.4. The third-order valence-electron chi connectivity index (χ3n) is 5.28. The molecule has 0 aliphatic carbocycles. The first-order valence-corrected chi connectivity index (χ1v) is 12.7. The van der Waals surface area contributed by atoms with Gasteiger partial charge in [0.15, 0.2) is 15.0 Å². The van der Waals surface area contributed by atoms with Crippen LogP contribution in [0.4, 0.5) is 5.13 Å². The first kappa shape index (κ1) is 24.4. The number of thiazole rings is 1. The fraction of sp³-hybridized carbons (Fsp3) is 0.304. The fourth-order valence-corrected chi connectivity index (χ4v) is 5.86. The molecule has 0 fully saturated rings. The smallest absolute Gasteiger partial charge is 0.227 e. The van der Waals surface area contributed by atoms with Gasteiger partial charge in [-0.2, -0.15) is 0 Å². The predicted octanol–water partition coefficient (Wildman–Crippen LogP) is 4.23. The number of benzene rings is 2. The molecule has 0 saturated carbocycles. The second-order valence-corrected chi connectivity index (χ2v) is 11.0. The van der Waals surface area contributed by atoms with E-state index in [1.54, 1.807) is 24.3 Å². The first-order valence-electron chi connectivity index (χ1n) is 10.2. The van der Waals surface area contributed by atoms with Gasteiger partial charge in [0, 0.05) is 37.4 Å². The second-order valence-electron chi connectivity index (χ2n) is 7.77. The van der Waals surface area contributed by atoms with Crippen molar-refractivity contribution in [3.8, 4) is 0 Å². The molecule has 6 nitrogen and oxygen atoms in total. The van der Waals surface area contributed by atoms with Gasteiger partial charge in [-0.1, -0.05) is 48.0 Å². The molecule has 170 valence electrons. The van der Waals surface area contributed by atoms with Crippen LogP contribution >= 0.6 is 23.7 Å². The third-order valence-corrected chi connectivity index (χ3v) is 8.01. The van der Waals surface area contributed by atoms with Gasteiger partial charge in [0.25, 0.3) is 0 Å². The lowest BCUT2D eigenvalue weighted by Gasteiger charge is -2.25. The Labute approximate surface area is 199 Å². The maximum Gasteiger partial charge on any atom is 0.227 e. The summed E-state index contributed by atoms with van der Waals surface area (Å²) >= 11 is 1.48. The lowest BCUT2D eigenvalue weighted by Crippen LogP contribution is -2.29. The van der Waals surface area contributed by atoms with Gasteiger partial charge in [0.2, 0.25) is 5.91 Å². The number of anilines is 1. The number of nitrogens with one attached hydrogen (secondary N) is 1. The number of fused-ring (bicyclic) bond motifs is 1. The highest BCUT2D eigenvalue weighted by Gasteiger charge is 2.22. The Hall–Kier alpha value is -2.26. The van der Waals surface area contributed by atoms with Gasteiger partial charge in [-0.25, -0.2) is 13.4 Å². The summed E-state index contributed by atoms with van der Waals surface area (Å²) < 4.78 is 24.9. The van der Waals surface area contributed by atoms with Crippen LogP contribution < -0.4 is 5.32 Å². The van der Waals surface area contributed by atoms with Gasteiger partial charge < -0.3 is 5.32 Å². The summed E-state index contributed by atoms with van der Waals surface area (Å²) in [4.78, 5) is 20.7. The lowest BCUT2D eigenvalue weighted by molar-refractivity contribution is -0.115. The lowest BCUT2D eigenvalue weighted by atomic mass is 10.1. The molecule has 4 rings (SSSR count). The summed E-state index contributed by atoms with van der Waals surface area (Å²) in [6, 6.07) is 17.0. The zero-order valence-corrected chi connectivity index (χ0v) is 20.2. The van der Waals surface area contributed by atoms with Crippen LogP contribution in [0.25, 0.3) is 0 Å². The van der Waals surface area contributed by atoms with Crippen molar-refractivity contribution >= 4 is 44.6 Å². The summed E-state index contributed by atoms with van der Waals surface area (Å²) in [6.07, 6.45) is 0.747. The Balaban J connectivity index is 0.00000289. The summed E-state index contributed by atoms with van der Waals surface area (Å²) in [6.45, 7) is 4.52. The normalized spacial score (nSPS) is 13.8. The molecule has 0 unspecified atom stereocenters. The highest BCUT2D eigenvalue weighted by Crippen LogP contribution is 2.29. The van der Waals surface area contributed by atoms with Crippen LogP contribution in [0.1, 0.15) is 28.1 Å². The molecule has 0 saturated heterocycles. The molecule has 9 heteroatoms. The molecule has 0 spiro atoms. The number of aromatic nitrogens is 1. The monoisotopic (exact) mass is 491 g/mol. The molecule has 1 amide bonds. The van der Waals surface area contributed by atoms with Gasteiger partial charge in [-0.05, 0) is 24.6 Å². The number of amides is 1. The van der Waals surface area contributed by atoms with Crippen molar-refractivity contribution in [3.63, 3.8) is 0 Å². The number of aryl methyl sites for hydroxylation is 1. The number of hydrogen-bond donors (Lipinski definition) is 1. The van der Waals surface area contributed by atoms with Crippen LogP contribution in [0.3, 0.4) is 0 Å². The number of hydrogen-bond acceptors (Lipinski definition) is 6.